The Morgan fingerprint density at radius 3 is 2.65 bits per heavy atom. The Balaban J connectivity index is 2.44. The molecule has 126 valence electrons. The van der Waals surface area contributed by atoms with Crippen molar-refractivity contribution in [3.63, 3.8) is 0 Å². The van der Waals surface area contributed by atoms with Crippen LogP contribution in [-0.2, 0) is 4.79 Å². The maximum Gasteiger partial charge on any atom is 0.341 e. The third kappa shape index (κ3) is 3.78. The molecule has 2 rings (SSSR count). The molecule has 1 aliphatic heterocycles. The number of carboxylic acid groups (broad SMARTS) is 1. The van der Waals surface area contributed by atoms with E-state index in [1.165, 1.54) is 6.42 Å². The lowest BCUT2D eigenvalue weighted by Crippen LogP contribution is -2.41. The van der Waals surface area contributed by atoms with E-state index in [1.807, 2.05) is 26.0 Å². The zero-order valence-corrected chi connectivity index (χ0v) is 14.6. The maximum atomic E-state index is 11.7. The lowest BCUT2D eigenvalue weighted by Gasteiger charge is -2.35. The van der Waals surface area contributed by atoms with E-state index in [4.69, 9.17) is 11.6 Å². The summed E-state index contributed by atoms with van der Waals surface area (Å²) in [5, 5.41) is 18.8. The first-order valence-corrected chi connectivity index (χ1v) is 8.44. The molecule has 2 unspecified atom stereocenters. The summed E-state index contributed by atoms with van der Waals surface area (Å²) >= 11 is 6.15. The Labute approximate surface area is 142 Å². The van der Waals surface area contributed by atoms with E-state index in [0.29, 0.717) is 17.3 Å². The van der Waals surface area contributed by atoms with E-state index in [0.717, 1.165) is 19.3 Å². The summed E-state index contributed by atoms with van der Waals surface area (Å²) in [5.74, 6) is -0.568. The number of hydrogen-bond acceptors (Lipinski definition) is 4. The van der Waals surface area contributed by atoms with Crippen molar-refractivity contribution in [3.05, 3.63) is 35.3 Å². The van der Waals surface area contributed by atoms with Gasteiger partial charge in [0.1, 0.15) is 5.57 Å². The van der Waals surface area contributed by atoms with Crippen molar-refractivity contribution in [2.75, 3.05) is 0 Å². The molecule has 6 heteroatoms. The van der Waals surface area contributed by atoms with Crippen LogP contribution < -0.4 is 5.32 Å². The van der Waals surface area contributed by atoms with E-state index >= 15 is 0 Å². The fourth-order valence-corrected chi connectivity index (χ4v) is 3.39. The number of aliphatic carboxylic acids is 1. The van der Waals surface area contributed by atoms with Crippen molar-refractivity contribution in [1.29, 1.82) is 0 Å². The molecule has 1 aliphatic carbocycles. The Morgan fingerprint density at radius 1 is 1.39 bits per heavy atom. The summed E-state index contributed by atoms with van der Waals surface area (Å²) in [6.07, 6.45) is 10.0. The third-order valence-electron chi connectivity index (χ3n) is 4.37. The van der Waals surface area contributed by atoms with Crippen molar-refractivity contribution in [2.45, 2.75) is 52.5 Å². The second-order valence-electron chi connectivity index (χ2n) is 5.96. The van der Waals surface area contributed by atoms with Crippen molar-refractivity contribution in [2.24, 2.45) is 11.0 Å². The molecule has 2 atom stereocenters. The van der Waals surface area contributed by atoms with Gasteiger partial charge in [0.2, 0.25) is 0 Å². The standard InChI is InChI=1S/C17H24ClN3O2/c1-4-10-21-13(5-2)15(14(17(22)23)16(18)20-21)19-12-9-7-6-8-11(12)3/h4-5,10-12,19H,6-9H2,1-3H3,(H,22,23)/b10-4-,13-5?. The van der Waals surface area contributed by atoms with E-state index < -0.39 is 5.97 Å². The average Bonchev–Trinajstić information content (AvgIpc) is 2.49. The number of allylic oxidation sites excluding steroid dienone is 2. The number of hydrazone groups is 1. The van der Waals surface area contributed by atoms with Crippen molar-refractivity contribution < 1.29 is 9.90 Å². The molecule has 1 fully saturated rings. The van der Waals surface area contributed by atoms with Gasteiger partial charge < -0.3 is 10.4 Å². The molecule has 0 aromatic rings. The van der Waals surface area contributed by atoms with Crippen LogP contribution in [0.1, 0.15) is 46.5 Å². The van der Waals surface area contributed by atoms with Crippen LogP contribution in [0.2, 0.25) is 0 Å². The number of nitrogens with zero attached hydrogens (tertiary/aromatic N) is 2. The van der Waals surface area contributed by atoms with Gasteiger partial charge in [0.05, 0.1) is 11.4 Å². The molecule has 2 N–H and O–H groups in total. The number of carbonyl (C=O) groups is 1. The first-order chi connectivity index (χ1) is 11.0. The lowest BCUT2D eigenvalue weighted by atomic mass is 9.85. The molecule has 0 bridgehead atoms. The molecule has 2 aliphatic rings. The number of nitrogens with one attached hydrogen (secondary N) is 1. The molecule has 0 saturated heterocycles. The van der Waals surface area contributed by atoms with Gasteiger partial charge in [-0.2, -0.15) is 5.10 Å². The van der Waals surface area contributed by atoms with Gasteiger partial charge in [-0.15, -0.1) is 0 Å². The highest BCUT2D eigenvalue weighted by Gasteiger charge is 2.32. The van der Waals surface area contributed by atoms with Gasteiger partial charge in [0, 0.05) is 12.2 Å². The van der Waals surface area contributed by atoms with Gasteiger partial charge in [-0.05, 0) is 32.6 Å². The summed E-state index contributed by atoms with van der Waals surface area (Å²) in [6, 6.07) is 0.248. The maximum absolute atomic E-state index is 11.7. The highest BCUT2D eigenvalue weighted by atomic mass is 35.5. The molecule has 1 saturated carbocycles. The van der Waals surface area contributed by atoms with Crippen molar-refractivity contribution in [1.82, 2.24) is 10.3 Å². The zero-order chi connectivity index (χ0) is 17.0. The summed E-state index contributed by atoms with van der Waals surface area (Å²) in [7, 11) is 0. The van der Waals surface area contributed by atoms with Crippen molar-refractivity contribution in [3.8, 4) is 0 Å². The highest BCUT2D eigenvalue weighted by molar-refractivity contribution is 6.72. The van der Waals surface area contributed by atoms with Crippen molar-refractivity contribution >= 4 is 22.7 Å². The van der Waals surface area contributed by atoms with E-state index in [1.54, 1.807) is 11.2 Å². The predicted octanol–water partition coefficient (Wildman–Crippen LogP) is 3.80. The van der Waals surface area contributed by atoms with E-state index in [2.05, 4.69) is 17.3 Å². The van der Waals surface area contributed by atoms with Crippen LogP contribution in [0.25, 0.3) is 0 Å². The Bertz CT molecular complexity index is 593. The molecule has 0 spiro atoms. The molecule has 0 amide bonds. The SMILES string of the molecule is CC=C1C(NC2CCCCC2C)=C(C(=O)O)C(Cl)=NN1/C=C\C. The first-order valence-electron chi connectivity index (χ1n) is 8.06. The van der Waals surface area contributed by atoms with Crippen LogP contribution in [0, 0.1) is 5.92 Å². The summed E-state index contributed by atoms with van der Waals surface area (Å²) in [6.45, 7) is 5.95. The van der Waals surface area contributed by atoms with Gasteiger partial charge >= 0.3 is 5.97 Å². The van der Waals surface area contributed by atoms with Gasteiger partial charge in [-0.1, -0.05) is 43.5 Å². The van der Waals surface area contributed by atoms with Crippen LogP contribution in [0.15, 0.2) is 40.4 Å². The number of hydrogen-bond donors (Lipinski definition) is 2. The highest BCUT2D eigenvalue weighted by Crippen LogP contribution is 2.30. The van der Waals surface area contributed by atoms with E-state index in [-0.39, 0.29) is 16.8 Å². The van der Waals surface area contributed by atoms with E-state index in [9.17, 15) is 9.90 Å². The molecular formula is C17H24ClN3O2. The number of halogens is 1. The Kier molecular flexibility index (Phi) is 5.88. The van der Waals surface area contributed by atoms with Gasteiger partial charge in [-0.3, -0.25) is 0 Å². The quantitative estimate of drug-likeness (QED) is 0.819. The van der Waals surface area contributed by atoms with Crippen LogP contribution in [0.4, 0.5) is 0 Å². The summed E-state index contributed by atoms with van der Waals surface area (Å²) < 4.78 is 0. The predicted molar refractivity (Wildman–Crippen MR) is 92.9 cm³/mol. The van der Waals surface area contributed by atoms with Gasteiger partial charge in [0.25, 0.3) is 0 Å². The van der Waals surface area contributed by atoms with Crippen LogP contribution >= 0.6 is 11.6 Å². The second-order valence-corrected chi connectivity index (χ2v) is 6.32. The average molecular weight is 338 g/mol. The lowest BCUT2D eigenvalue weighted by molar-refractivity contribution is -0.132. The van der Waals surface area contributed by atoms with Gasteiger partial charge in [0.15, 0.2) is 5.17 Å². The summed E-state index contributed by atoms with van der Waals surface area (Å²) in [4.78, 5) is 11.7. The zero-order valence-electron chi connectivity index (χ0n) is 13.8. The Hall–Kier alpha value is -1.75. The van der Waals surface area contributed by atoms with Gasteiger partial charge in [-0.25, -0.2) is 9.80 Å². The molecule has 0 aromatic carbocycles. The second kappa shape index (κ2) is 7.68. The topological polar surface area (TPSA) is 64.9 Å². The molecule has 5 nitrogen and oxygen atoms in total. The molecular weight excluding hydrogens is 314 g/mol. The van der Waals surface area contributed by atoms with Crippen LogP contribution in [-0.4, -0.2) is 27.3 Å². The first kappa shape index (κ1) is 17.6. The fourth-order valence-electron chi connectivity index (χ4n) is 3.13. The minimum Gasteiger partial charge on any atom is -0.478 e. The normalized spacial score (nSPS) is 27.6. The minimum atomic E-state index is -1.07. The third-order valence-corrected chi connectivity index (χ3v) is 4.64. The Morgan fingerprint density at radius 2 is 2.09 bits per heavy atom. The fraction of sp³-hybridized carbons (Fsp3) is 0.529. The number of rotatable bonds is 4. The molecule has 0 radical (unpaired) electrons. The monoisotopic (exact) mass is 337 g/mol. The number of carboxylic acids is 1. The molecule has 1 heterocycles. The minimum absolute atomic E-state index is 0.00726. The largest absolute Gasteiger partial charge is 0.478 e. The summed E-state index contributed by atoms with van der Waals surface area (Å²) in [5.41, 5.74) is 1.30. The van der Waals surface area contributed by atoms with Crippen LogP contribution in [0.3, 0.4) is 0 Å². The molecule has 0 aromatic heterocycles. The molecule has 23 heavy (non-hydrogen) atoms. The van der Waals surface area contributed by atoms with Crippen LogP contribution in [0.5, 0.6) is 0 Å². The smallest absolute Gasteiger partial charge is 0.341 e.